The van der Waals surface area contributed by atoms with Gasteiger partial charge in [-0.15, -0.1) is 0 Å². The largest absolute Gasteiger partial charge is 0.486 e. The third kappa shape index (κ3) is 3.80. The molecule has 2 fully saturated rings. The Balaban J connectivity index is 1.40. The number of amides is 3. The molecule has 27 heavy (non-hydrogen) atoms. The van der Waals surface area contributed by atoms with Crippen molar-refractivity contribution in [2.75, 3.05) is 37.7 Å². The molecule has 8 heteroatoms. The van der Waals surface area contributed by atoms with E-state index in [-0.39, 0.29) is 36.6 Å². The molecule has 0 radical (unpaired) electrons. The van der Waals surface area contributed by atoms with E-state index in [2.05, 4.69) is 5.32 Å². The summed E-state index contributed by atoms with van der Waals surface area (Å²) in [4.78, 5) is 28.5. The highest BCUT2D eigenvalue weighted by atomic mass is 16.6. The van der Waals surface area contributed by atoms with E-state index >= 15 is 0 Å². The fourth-order valence-corrected chi connectivity index (χ4v) is 3.86. The number of carbonyl (C=O) groups excluding carboxylic acids is 2. The van der Waals surface area contributed by atoms with E-state index in [0.29, 0.717) is 44.3 Å². The molecule has 0 saturated carbocycles. The van der Waals surface area contributed by atoms with E-state index in [4.69, 9.17) is 14.2 Å². The second kappa shape index (κ2) is 7.26. The molecule has 4 rings (SSSR count). The summed E-state index contributed by atoms with van der Waals surface area (Å²) in [5, 5.41) is 3.00. The number of benzene rings is 1. The van der Waals surface area contributed by atoms with Gasteiger partial charge in [0.25, 0.3) is 0 Å². The summed E-state index contributed by atoms with van der Waals surface area (Å²) in [7, 11) is 0. The van der Waals surface area contributed by atoms with Crippen LogP contribution in [0.2, 0.25) is 0 Å². The Morgan fingerprint density at radius 1 is 1.07 bits per heavy atom. The number of ether oxygens (including phenoxy) is 3. The lowest BCUT2D eigenvalue weighted by atomic mass is 10.2. The smallest absolute Gasteiger partial charge is 0.317 e. The normalized spacial score (nSPS) is 27.6. The van der Waals surface area contributed by atoms with Gasteiger partial charge >= 0.3 is 6.03 Å². The first-order valence-electron chi connectivity index (χ1n) is 9.40. The van der Waals surface area contributed by atoms with Crippen LogP contribution in [-0.2, 0) is 9.53 Å². The van der Waals surface area contributed by atoms with E-state index in [9.17, 15) is 9.59 Å². The van der Waals surface area contributed by atoms with Crippen molar-refractivity contribution in [3.63, 3.8) is 0 Å². The number of nitrogens with one attached hydrogen (secondary N) is 1. The van der Waals surface area contributed by atoms with Crippen molar-refractivity contribution in [3.05, 3.63) is 18.2 Å². The van der Waals surface area contributed by atoms with E-state index in [0.717, 1.165) is 5.69 Å². The second-order valence-corrected chi connectivity index (χ2v) is 7.35. The van der Waals surface area contributed by atoms with Gasteiger partial charge in [-0.1, -0.05) is 0 Å². The molecule has 3 aliphatic rings. The van der Waals surface area contributed by atoms with Crippen LogP contribution in [0, 0.1) is 0 Å². The maximum atomic E-state index is 12.6. The van der Waals surface area contributed by atoms with Crippen molar-refractivity contribution in [2.24, 2.45) is 0 Å². The number of hydrogen-bond acceptors (Lipinski definition) is 5. The SMILES string of the molecule is CC1CN(C(=O)NC2CC(=O)N(c3ccc4c(c3)OCCO4)C2)CC(C)O1. The lowest BCUT2D eigenvalue weighted by molar-refractivity contribution is -0.117. The summed E-state index contributed by atoms with van der Waals surface area (Å²) in [6.07, 6.45) is 0.313. The van der Waals surface area contributed by atoms with Crippen molar-refractivity contribution >= 4 is 17.6 Å². The molecular weight excluding hydrogens is 350 g/mol. The molecule has 1 aromatic carbocycles. The van der Waals surface area contributed by atoms with Crippen LogP contribution in [0.5, 0.6) is 11.5 Å². The molecule has 3 aliphatic heterocycles. The third-order valence-corrected chi connectivity index (χ3v) is 5.00. The van der Waals surface area contributed by atoms with Crippen LogP contribution < -0.4 is 19.7 Å². The van der Waals surface area contributed by atoms with Crippen molar-refractivity contribution in [3.8, 4) is 11.5 Å². The topological polar surface area (TPSA) is 80.3 Å². The van der Waals surface area contributed by atoms with Crippen LogP contribution >= 0.6 is 0 Å². The van der Waals surface area contributed by atoms with E-state index in [1.165, 1.54) is 0 Å². The molecule has 0 bridgehead atoms. The Kier molecular flexibility index (Phi) is 4.82. The summed E-state index contributed by atoms with van der Waals surface area (Å²) < 4.78 is 16.8. The first-order valence-corrected chi connectivity index (χ1v) is 9.40. The Labute approximate surface area is 158 Å². The minimum Gasteiger partial charge on any atom is -0.486 e. The highest BCUT2D eigenvalue weighted by Crippen LogP contribution is 2.35. The summed E-state index contributed by atoms with van der Waals surface area (Å²) >= 11 is 0. The van der Waals surface area contributed by atoms with Crippen LogP contribution in [0.3, 0.4) is 0 Å². The number of urea groups is 1. The van der Waals surface area contributed by atoms with Crippen molar-refractivity contribution in [2.45, 2.75) is 38.5 Å². The maximum Gasteiger partial charge on any atom is 0.317 e. The van der Waals surface area contributed by atoms with Gasteiger partial charge in [-0.25, -0.2) is 4.79 Å². The van der Waals surface area contributed by atoms with Crippen LogP contribution in [0.15, 0.2) is 18.2 Å². The van der Waals surface area contributed by atoms with Gasteiger partial charge in [0.15, 0.2) is 11.5 Å². The lowest BCUT2D eigenvalue weighted by Crippen LogP contribution is -2.53. The first kappa shape index (κ1) is 17.9. The lowest BCUT2D eigenvalue weighted by Gasteiger charge is -2.35. The Morgan fingerprint density at radius 3 is 2.52 bits per heavy atom. The zero-order valence-corrected chi connectivity index (χ0v) is 15.6. The van der Waals surface area contributed by atoms with Crippen LogP contribution in [0.25, 0.3) is 0 Å². The van der Waals surface area contributed by atoms with Crippen LogP contribution in [0.1, 0.15) is 20.3 Å². The molecule has 1 aromatic rings. The Hall–Kier alpha value is -2.48. The zero-order valence-electron chi connectivity index (χ0n) is 15.6. The van der Waals surface area contributed by atoms with Crippen molar-refractivity contribution < 1.29 is 23.8 Å². The number of nitrogens with zero attached hydrogens (tertiary/aromatic N) is 2. The van der Waals surface area contributed by atoms with Gasteiger partial charge in [0.1, 0.15) is 13.2 Å². The molecule has 3 atom stereocenters. The molecule has 3 unspecified atom stereocenters. The molecule has 0 aliphatic carbocycles. The van der Waals surface area contributed by atoms with Gasteiger partial charge in [0.2, 0.25) is 5.91 Å². The van der Waals surface area contributed by atoms with Crippen molar-refractivity contribution in [1.29, 1.82) is 0 Å². The highest BCUT2D eigenvalue weighted by molar-refractivity contribution is 5.97. The minimum absolute atomic E-state index is 0.0129. The van der Waals surface area contributed by atoms with E-state index < -0.39 is 0 Å². The Bertz CT molecular complexity index is 730. The van der Waals surface area contributed by atoms with Gasteiger partial charge in [-0.2, -0.15) is 0 Å². The first-order chi connectivity index (χ1) is 13.0. The van der Waals surface area contributed by atoms with Gasteiger partial charge in [0.05, 0.1) is 18.2 Å². The molecule has 2 saturated heterocycles. The van der Waals surface area contributed by atoms with Crippen LogP contribution in [0.4, 0.5) is 10.5 Å². The number of carbonyl (C=O) groups is 2. The van der Waals surface area contributed by atoms with E-state index in [1.54, 1.807) is 9.80 Å². The average Bonchev–Trinajstić information content (AvgIpc) is 3.00. The zero-order chi connectivity index (χ0) is 19.0. The number of morpholine rings is 1. The molecule has 0 spiro atoms. The van der Waals surface area contributed by atoms with Gasteiger partial charge in [0, 0.05) is 37.8 Å². The molecule has 8 nitrogen and oxygen atoms in total. The van der Waals surface area contributed by atoms with Gasteiger partial charge in [-0.3, -0.25) is 4.79 Å². The fourth-order valence-electron chi connectivity index (χ4n) is 3.86. The summed E-state index contributed by atoms with van der Waals surface area (Å²) in [6, 6.07) is 5.13. The summed E-state index contributed by atoms with van der Waals surface area (Å²) in [5.74, 6) is 1.33. The molecular formula is C19H25N3O5. The van der Waals surface area contributed by atoms with Gasteiger partial charge < -0.3 is 29.3 Å². The average molecular weight is 375 g/mol. The molecule has 3 heterocycles. The number of fused-ring (bicyclic) bond motifs is 1. The highest BCUT2D eigenvalue weighted by Gasteiger charge is 2.34. The standard InChI is InChI=1S/C19H25N3O5/c1-12-9-21(10-13(2)27-12)19(24)20-14-7-18(23)22(11-14)15-3-4-16-17(8-15)26-6-5-25-16/h3-4,8,12-14H,5-7,9-11H2,1-2H3,(H,20,24). The Morgan fingerprint density at radius 2 is 1.78 bits per heavy atom. The molecule has 3 amide bonds. The molecule has 146 valence electrons. The number of rotatable bonds is 2. The third-order valence-electron chi connectivity index (χ3n) is 5.00. The quantitative estimate of drug-likeness (QED) is 0.845. The van der Waals surface area contributed by atoms with E-state index in [1.807, 2.05) is 32.0 Å². The van der Waals surface area contributed by atoms with Crippen molar-refractivity contribution in [1.82, 2.24) is 10.2 Å². The number of anilines is 1. The predicted octanol–water partition coefficient (Wildman–Crippen LogP) is 1.38. The van der Waals surface area contributed by atoms with Crippen LogP contribution in [-0.4, -0.2) is 67.9 Å². The molecule has 1 N–H and O–H groups in total. The molecule has 0 aromatic heterocycles. The minimum atomic E-state index is -0.216. The van der Waals surface area contributed by atoms with Gasteiger partial charge in [-0.05, 0) is 26.0 Å². The summed E-state index contributed by atoms with van der Waals surface area (Å²) in [6.45, 7) is 6.50. The second-order valence-electron chi connectivity index (χ2n) is 7.35. The fraction of sp³-hybridized carbons (Fsp3) is 0.579. The number of hydrogen-bond donors (Lipinski definition) is 1. The predicted molar refractivity (Wildman–Crippen MR) is 98.3 cm³/mol. The summed E-state index contributed by atoms with van der Waals surface area (Å²) in [5.41, 5.74) is 0.759. The monoisotopic (exact) mass is 375 g/mol. The maximum absolute atomic E-state index is 12.6.